The standard InChI is InChI=1S/C21H17FN4O3S/c1-13-23-19-10-9-15(12-20(19)24-13)25-21(27)14-5-4-6-16(11-14)30(28,29)26-18-8-3-2-7-17(18)22/h2-12,26H,1H3,(H,23,24)(H,25,27). The molecule has 0 aliphatic carbocycles. The lowest BCUT2D eigenvalue weighted by Crippen LogP contribution is -2.16. The quantitative estimate of drug-likeness (QED) is 0.449. The molecule has 0 radical (unpaired) electrons. The molecular weight excluding hydrogens is 407 g/mol. The van der Waals surface area contributed by atoms with Crippen molar-refractivity contribution in [1.82, 2.24) is 9.97 Å². The number of anilines is 2. The molecule has 30 heavy (non-hydrogen) atoms. The molecule has 1 aromatic heterocycles. The van der Waals surface area contributed by atoms with Crippen LogP contribution in [0.4, 0.5) is 15.8 Å². The zero-order valence-corrected chi connectivity index (χ0v) is 16.6. The highest BCUT2D eigenvalue weighted by molar-refractivity contribution is 7.92. The van der Waals surface area contributed by atoms with Gasteiger partial charge in [0.25, 0.3) is 15.9 Å². The van der Waals surface area contributed by atoms with Crippen LogP contribution in [-0.4, -0.2) is 24.3 Å². The second-order valence-electron chi connectivity index (χ2n) is 6.62. The number of hydrogen-bond donors (Lipinski definition) is 3. The first kappa shape index (κ1) is 19.6. The molecule has 1 heterocycles. The molecule has 0 saturated heterocycles. The van der Waals surface area contributed by atoms with Gasteiger partial charge in [-0.2, -0.15) is 0 Å². The van der Waals surface area contributed by atoms with E-state index in [1.807, 2.05) is 6.92 Å². The topological polar surface area (TPSA) is 104 Å². The number of halogens is 1. The Labute approximate surface area is 172 Å². The number of amides is 1. The van der Waals surface area contributed by atoms with Gasteiger partial charge in [0.05, 0.1) is 21.6 Å². The van der Waals surface area contributed by atoms with Gasteiger partial charge >= 0.3 is 0 Å². The Kier molecular flexibility index (Phi) is 4.96. The van der Waals surface area contributed by atoms with Crippen LogP contribution in [0, 0.1) is 12.7 Å². The first-order valence-corrected chi connectivity index (χ1v) is 10.5. The second kappa shape index (κ2) is 7.60. The van der Waals surface area contributed by atoms with Crippen LogP contribution < -0.4 is 10.0 Å². The van der Waals surface area contributed by atoms with Gasteiger partial charge in [-0.15, -0.1) is 0 Å². The van der Waals surface area contributed by atoms with Crippen LogP contribution in [0.1, 0.15) is 16.2 Å². The summed E-state index contributed by atoms with van der Waals surface area (Å²) in [7, 11) is -4.07. The lowest BCUT2D eigenvalue weighted by atomic mass is 10.2. The van der Waals surface area contributed by atoms with E-state index in [0.717, 1.165) is 22.9 Å². The normalized spacial score (nSPS) is 11.4. The number of benzene rings is 3. The van der Waals surface area contributed by atoms with E-state index in [-0.39, 0.29) is 16.1 Å². The largest absolute Gasteiger partial charge is 0.342 e. The van der Waals surface area contributed by atoms with Gasteiger partial charge in [0.2, 0.25) is 0 Å². The Morgan fingerprint density at radius 2 is 1.83 bits per heavy atom. The molecular formula is C21H17FN4O3S. The molecule has 4 aromatic rings. The van der Waals surface area contributed by atoms with E-state index >= 15 is 0 Å². The molecule has 0 unspecified atom stereocenters. The van der Waals surface area contributed by atoms with Gasteiger partial charge in [0, 0.05) is 11.3 Å². The van der Waals surface area contributed by atoms with E-state index in [4.69, 9.17) is 0 Å². The van der Waals surface area contributed by atoms with Gasteiger partial charge in [0.1, 0.15) is 11.6 Å². The maximum Gasteiger partial charge on any atom is 0.262 e. The van der Waals surface area contributed by atoms with Crippen molar-refractivity contribution in [2.45, 2.75) is 11.8 Å². The highest BCUT2D eigenvalue weighted by Crippen LogP contribution is 2.21. The molecule has 0 atom stereocenters. The molecule has 0 aliphatic rings. The maximum atomic E-state index is 13.8. The highest BCUT2D eigenvalue weighted by atomic mass is 32.2. The van der Waals surface area contributed by atoms with Crippen LogP contribution in [0.2, 0.25) is 0 Å². The van der Waals surface area contributed by atoms with Gasteiger partial charge in [-0.1, -0.05) is 18.2 Å². The summed E-state index contributed by atoms with van der Waals surface area (Å²) in [4.78, 5) is 19.9. The summed E-state index contributed by atoms with van der Waals surface area (Å²) in [5.74, 6) is -0.415. The number of carbonyl (C=O) groups is 1. The van der Waals surface area contributed by atoms with E-state index in [0.29, 0.717) is 5.69 Å². The fourth-order valence-corrected chi connectivity index (χ4v) is 4.08. The van der Waals surface area contributed by atoms with Gasteiger partial charge in [-0.25, -0.2) is 17.8 Å². The Hall–Kier alpha value is -3.72. The number of aryl methyl sites for hydroxylation is 1. The number of rotatable bonds is 5. The third kappa shape index (κ3) is 4.01. The number of nitrogens with one attached hydrogen (secondary N) is 3. The predicted octanol–water partition coefficient (Wildman–Crippen LogP) is 4.06. The van der Waals surface area contributed by atoms with E-state index in [2.05, 4.69) is 20.0 Å². The van der Waals surface area contributed by atoms with Crippen LogP contribution >= 0.6 is 0 Å². The summed E-state index contributed by atoms with van der Waals surface area (Å²) < 4.78 is 41.2. The van der Waals surface area contributed by atoms with Crippen molar-refractivity contribution in [3.8, 4) is 0 Å². The van der Waals surface area contributed by atoms with Crippen LogP contribution in [0.3, 0.4) is 0 Å². The SMILES string of the molecule is Cc1nc2ccc(NC(=O)c3cccc(S(=O)(=O)Nc4ccccc4F)c3)cc2[nH]1. The number of nitrogens with zero attached hydrogens (tertiary/aromatic N) is 1. The summed E-state index contributed by atoms with van der Waals surface area (Å²) in [5.41, 5.74) is 2.06. The van der Waals surface area contributed by atoms with Crippen LogP contribution in [0.25, 0.3) is 11.0 Å². The van der Waals surface area contributed by atoms with Crippen LogP contribution in [0.5, 0.6) is 0 Å². The number of imidazole rings is 1. The van der Waals surface area contributed by atoms with Crippen molar-refractivity contribution < 1.29 is 17.6 Å². The minimum atomic E-state index is -4.07. The molecule has 0 fully saturated rings. The third-order valence-corrected chi connectivity index (χ3v) is 5.75. The number of fused-ring (bicyclic) bond motifs is 1. The molecule has 0 spiro atoms. The van der Waals surface area contributed by atoms with Crippen molar-refractivity contribution in [2.24, 2.45) is 0 Å². The molecule has 7 nitrogen and oxygen atoms in total. The second-order valence-corrected chi connectivity index (χ2v) is 8.30. The lowest BCUT2D eigenvalue weighted by molar-refractivity contribution is 0.102. The van der Waals surface area contributed by atoms with Gasteiger partial charge in [-0.05, 0) is 55.5 Å². The number of sulfonamides is 1. The maximum absolute atomic E-state index is 13.8. The summed E-state index contributed by atoms with van der Waals surface area (Å²) in [5, 5.41) is 2.74. The number of carbonyl (C=O) groups excluding carboxylic acids is 1. The molecule has 0 bridgehead atoms. The van der Waals surface area contributed by atoms with Gasteiger partial charge in [0.15, 0.2) is 0 Å². The van der Waals surface area contributed by atoms with Gasteiger partial charge < -0.3 is 10.3 Å². The number of H-pyrrole nitrogens is 1. The molecule has 0 aliphatic heterocycles. The number of para-hydroxylation sites is 1. The zero-order chi connectivity index (χ0) is 21.3. The molecule has 1 amide bonds. The van der Waals surface area contributed by atoms with Crippen LogP contribution in [-0.2, 0) is 10.0 Å². The van der Waals surface area contributed by atoms with Crippen molar-refractivity contribution in [1.29, 1.82) is 0 Å². The average Bonchev–Trinajstić information content (AvgIpc) is 3.09. The molecule has 9 heteroatoms. The Morgan fingerprint density at radius 1 is 1.03 bits per heavy atom. The Balaban J connectivity index is 1.57. The van der Waals surface area contributed by atoms with E-state index < -0.39 is 21.7 Å². The Morgan fingerprint density at radius 3 is 2.63 bits per heavy atom. The smallest absolute Gasteiger partial charge is 0.262 e. The lowest BCUT2D eigenvalue weighted by Gasteiger charge is -2.10. The molecule has 3 aromatic carbocycles. The Bertz CT molecular complexity index is 1370. The predicted molar refractivity (Wildman–Crippen MR) is 112 cm³/mol. The molecule has 3 N–H and O–H groups in total. The van der Waals surface area contributed by atoms with E-state index in [1.165, 1.54) is 42.5 Å². The highest BCUT2D eigenvalue weighted by Gasteiger charge is 2.18. The monoisotopic (exact) mass is 424 g/mol. The van der Waals surface area contributed by atoms with E-state index in [1.54, 1.807) is 18.2 Å². The third-order valence-electron chi connectivity index (χ3n) is 4.38. The average molecular weight is 424 g/mol. The number of hydrogen-bond acceptors (Lipinski definition) is 4. The van der Waals surface area contributed by atoms with Crippen LogP contribution in [0.15, 0.2) is 71.6 Å². The minimum absolute atomic E-state index is 0.146. The molecule has 152 valence electrons. The van der Waals surface area contributed by atoms with Crippen molar-refractivity contribution in [3.63, 3.8) is 0 Å². The van der Waals surface area contributed by atoms with Crippen molar-refractivity contribution in [3.05, 3.63) is 83.9 Å². The van der Waals surface area contributed by atoms with E-state index in [9.17, 15) is 17.6 Å². The summed E-state index contributed by atoms with van der Waals surface area (Å²) >= 11 is 0. The van der Waals surface area contributed by atoms with Crippen molar-refractivity contribution >= 4 is 38.3 Å². The first-order chi connectivity index (χ1) is 14.3. The summed E-state index contributed by atoms with van der Waals surface area (Å²) in [6.07, 6.45) is 0. The molecule has 0 saturated carbocycles. The first-order valence-electron chi connectivity index (χ1n) is 8.97. The minimum Gasteiger partial charge on any atom is -0.342 e. The fourth-order valence-electron chi connectivity index (χ4n) is 2.97. The summed E-state index contributed by atoms with van der Waals surface area (Å²) in [6.45, 7) is 1.83. The number of aromatic nitrogens is 2. The molecule has 4 rings (SSSR count). The number of aromatic amines is 1. The zero-order valence-electron chi connectivity index (χ0n) is 15.8. The fraction of sp³-hybridized carbons (Fsp3) is 0.0476. The summed E-state index contributed by atoms with van der Waals surface area (Å²) in [6, 6.07) is 16.2. The van der Waals surface area contributed by atoms with Crippen molar-refractivity contribution in [2.75, 3.05) is 10.0 Å². The van der Waals surface area contributed by atoms with Gasteiger partial charge in [-0.3, -0.25) is 9.52 Å².